The van der Waals surface area contributed by atoms with Crippen molar-refractivity contribution in [3.05, 3.63) is 30.3 Å². The van der Waals surface area contributed by atoms with Crippen molar-refractivity contribution in [1.82, 2.24) is 19.5 Å². The van der Waals surface area contributed by atoms with Gasteiger partial charge in [-0.25, -0.2) is 4.98 Å². The standard InChI is InChI=1S/C22H30N6S/c1-26-13-15-27(16-14-26)22-25-28-20(23-18-11-7-2-3-8-12-18)19(24-21(28)29-22)17-9-5-4-6-10-17/h4-6,9-10,18,23H,2-3,7-8,11-16H2,1H3. The third kappa shape index (κ3) is 3.98. The van der Waals surface area contributed by atoms with Crippen LogP contribution in [0.1, 0.15) is 38.5 Å². The Morgan fingerprint density at radius 3 is 2.41 bits per heavy atom. The van der Waals surface area contributed by atoms with Gasteiger partial charge in [-0.1, -0.05) is 67.4 Å². The molecule has 5 rings (SSSR count). The molecule has 3 heterocycles. The van der Waals surface area contributed by atoms with Crippen LogP contribution in [-0.4, -0.2) is 58.8 Å². The smallest absolute Gasteiger partial charge is 0.216 e. The number of likely N-dealkylation sites (N-methyl/N-ethyl adjacent to an activating group) is 1. The summed E-state index contributed by atoms with van der Waals surface area (Å²) in [5.74, 6) is 1.06. The number of aromatic nitrogens is 3. The minimum Gasteiger partial charge on any atom is -0.365 e. The Morgan fingerprint density at radius 1 is 0.966 bits per heavy atom. The second-order valence-electron chi connectivity index (χ2n) is 8.38. The highest BCUT2D eigenvalue weighted by Crippen LogP contribution is 2.35. The predicted molar refractivity (Wildman–Crippen MR) is 121 cm³/mol. The first kappa shape index (κ1) is 18.9. The Bertz CT molecular complexity index is 933. The lowest BCUT2D eigenvalue weighted by Gasteiger charge is -2.31. The summed E-state index contributed by atoms with van der Waals surface area (Å²) in [7, 11) is 2.19. The lowest BCUT2D eigenvalue weighted by atomic mass is 10.1. The zero-order valence-corrected chi connectivity index (χ0v) is 18.0. The molecule has 1 saturated heterocycles. The molecule has 7 heteroatoms. The van der Waals surface area contributed by atoms with E-state index in [9.17, 15) is 0 Å². The quantitative estimate of drug-likeness (QED) is 0.648. The Morgan fingerprint density at radius 2 is 1.69 bits per heavy atom. The van der Waals surface area contributed by atoms with Crippen LogP contribution < -0.4 is 10.2 Å². The van der Waals surface area contributed by atoms with E-state index in [0.29, 0.717) is 6.04 Å². The number of nitrogens with one attached hydrogen (secondary N) is 1. The number of hydrogen-bond acceptors (Lipinski definition) is 6. The van der Waals surface area contributed by atoms with Crippen molar-refractivity contribution in [2.75, 3.05) is 43.4 Å². The van der Waals surface area contributed by atoms with Gasteiger partial charge in [0.1, 0.15) is 5.69 Å². The fraction of sp³-hybridized carbons (Fsp3) is 0.545. The van der Waals surface area contributed by atoms with Crippen LogP contribution in [0.2, 0.25) is 0 Å². The summed E-state index contributed by atoms with van der Waals surface area (Å²) in [5.41, 5.74) is 2.18. The maximum absolute atomic E-state index is 5.02. The largest absolute Gasteiger partial charge is 0.365 e. The highest BCUT2D eigenvalue weighted by atomic mass is 32.1. The van der Waals surface area contributed by atoms with E-state index in [1.54, 1.807) is 11.3 Å². The van der Waals surface area contributed by atoms with Gasteiger partial charge in [-0.2, -0.15) is 4.52 Å². The molecule has 0 bridgehead atoms. The van der Waals surface area contributed by atoms with E-state index in [0.717, 1.165) is 53.3 Å². The minimum atomic E-state index is 0.508. The first-order chi connectivity index (χ1) is 14.3. The molecule has 0 atom stereocenters. The summed E-state index contributed by atoms with van der Waals surface area (Å²) in [5, 5.41) is 9.95. The van der Waals surface area contributed by atoms with Crippen LogP contribution in [0.15, 0.2) is 30.3 Å². The van der Waals surface area contributed by atoms with Crippen molar-refractivity contribution < 1.29 is 0 Å². The van der Waals surface area contributed by atoms with Gasteiger partial charge >= 0.3 is 0 Å². The maximum Gasteiger partial charge on any atom is 0.216 e. The molecule has 29 heavy (non-hydrogen) atoms. The Kier molecular flexibility index (Phi) is 5.42. The molecular weight excluding hydrogens is 380 g/mol. The average Bonchev–Trinajstić information content (AvgIpc) is 3.19. The van der Waals surface area contributed by atoms with E-state index < -0.39 is 0 Å². The third-order valence-corrected chi connectivity index (χ3v) is 7.18. The summed E-state index contributed by atoms with van der Waals surface area (Å²) >= 11 is 1.71. The zero-order valence-electron chi connectivity index (χ0n) is 17.2. The second-order valence-corrected chi connectivity index (χ2v) is 9.31. The van der Waals surface area contributed by atoms with Crippen LogP contribution in [0, 0.1) is 0 Å². The molecule has 154 valence electrons. The van der Waals surface area contributed by atoms with Crippen molar-refractivity contribution in [3.63, 3.8) is 0 Å². The van der Waals surface area contributed by atoms with E-state index in [1.807, 2.05) is 0 Å². The maximum atomic E-state index is 5.02. The van der Waals surface area contributed by atoms with Gasteiger partial charge in [0.25, 0.3) is 0 Å². The number of nitrogens with zero attached hydrogens (tertiary/aromatic N) is 5. The van der Waals surface area contributed by atoms with Gasteiger partial charge in [0.2, 0.25) is 10.1 Å². The molecule has 2 aliphatic rings. The molecule has 0 spiro atoms. The molecule has 6 nitrogen and oxygen atoms in total. The molecule has 0 unspecified atom stereocenters. The number of imidazole rings is 1. The minimum absolute atomic E-state index is 0.508. The molecule has 1 aliphatic heterocycles. The third-order valence-electron chi connectivity index (χ3n) is 6.21. The molecule has 1 aliphatic carbocycles. The van der Waals surface area contributed by atoms with Crippen molar-refractivity contribution >= 4 is 27.2 Å². The molecule has 0 amide bonds. The molecular formula is C22H30N6S. The van der Waals surface area contributed by atoms with Crippen molar-refractivity contribution in [2.24, 2.45) is 0 Å². The Balaban J connectivity index is 1.50. The van der Waals surface area contributed by atoms with Gasteiger partial charge in [-0.3, -0.25) is 0 Å². The molecule has 1 aromatic carbocycles. The van der Waals surface area contributed by atoms with Crippen LogP contribution in [0.25, 0.3) is 16.2 Å². The number of fused-ring (bicyclic) bond motifs is 1. The number of benzene rings is 1. The molecule has 2 fully saturated rings. The summed E-state index contributed by atoms with van der Waals surface area (Å²) in [6, 6.07) is 11.0. The van der Waals surface area contributed by atoms with Gasteiger partial charge in [0.05, 0.1) is 0 Å². The summed E-state index contributed by atoms with van der Waals surface area (Å²) in [6.07, 6.45) is 7.80. The van der Waals surface area contributed by atoms with Gasteiger partial charge in [-0.15, -0.1) is 5.10 Å². The first-order valence-electron chi connectivity index (χ1n) is 10.9. The highest BCUT2D eigenvalue weighted by Gasteiger charge is 2.24. The summed E-state index contributed by atoms with van der Waals surface area (Å²) < 4.78 is 2.06. The van der Waals surface area contributed by atoms with Gasteiger partial charge < -0.3 is 15.1 Å². The van der Waals surface area contributed by atoms with E-state index in [1.165, 1.54) is 38.5 Å². The monoisotopic (exact) mass is 410 g/mol. The number of piperazine rings is 1. The average molecular weight is 411 g/mol. The molecule has 1 saturated carbocycles. The van der Waals surface area contributed by atoms with Gasteiger partial charge in [0.15, 0.2) is 5.82 Å². The van der Waals surface area contributed by atoms with E-state index in [-0.39, 0.29) is 0 Å². The number of rotatable bonds is 4. The predicted octanol–water partition coefficient (Wildman–Crippen LogP) is 4.34. The molecule has 3 aromatic rings. The summed E-state index contributed by atoms with van der Waals surface area (Å²) in [6.45, 7) is 4.24. The highest BCUT2D eigenvalue weighted by molar-refractivity contribution is 7.20. The van der Waals surface area contributed by atoms with Gasteiger partial charge in [-0.05, 0) is 19.9 Å². The SMILES string of the molecule is CN1CCN(c2nn3c(NC4CCCCCC4)c(-c4ccccc4)nc3s2)CC1. The fourth-order valence-electron chi connectivity index (χ4n) is 4.41. The van der Waals surface area contributed by atoms with Gasteiger partial charge in [0, 0.05) is 37.8 Å². The second kappa shape index (κ2) is 8.32. The van der Waals surface area contributed by atoms with Crippen LogP contribution in [0.3, 0.4) is 0 Å². The van der Waals surface area contributed by atoms with Crippen LogP contribution in [-0.2, 0) is 0 Å². The van der Waals surface area contributed by atoms with Crippen LogP contribution in [0.5, 0.6) is 0 Å². The Hall–Kier alpha value is -2.12. The molecule has 1 N–H and O–H groups in total. The van der Waals surface area contributed by atoms with E-state index in [4.69, 9.17) is 10.1 Å². The number of anilines is 2. The normalized spacial score (nSPS) is 19.6. The lowest BCUT2D eigenvalue weighted by molar-refractivity contribution is 0.312. The number of hydrogen-bond donors (Lipinski definition) is 1. The zero-order chi connectivity index (χ0) is 19.6. The molecule has 2 aromatic heterocycles. The fourth-order valence-corrected chi connectivity index (χ4v) is 5.36. The van der Waals surface area contributed by atoms with E-state index in [2.05, 4.69) is 57.0 Å². The van der Waals surface area contributed by atoms with Crippen LogP contribution in [0.4, 0.5) is 10.9 Å². The van der Waals surface area contributed by atoms with Crippen molar-refractivity contribution in [3.8, 4) is 11.3 Å². The van der Waals surface area contributed by atoms with Crippen molar-refractivity contribution in [1.29, 1.82) is 0 Å². The lowest BCUT2D eigenvalue weighted by Crippen LogP contribution is -2.44. The van der Waals surface area contributed by atoms with Crippen molar-refractivity contribution in [2.45, 2.75) is 44.6 Å². The topological polar surface area (TPSA) is 48.7 Å². The van der Waals surface area contributed by atoms with E-state index >= 15 is 0 Å². The summed E-state index contributed by atoms with van der Waals surface area (Å²) in [4.78, 5) is 10.8. The van der Waals surface area contributed by atoms with Crippen LogP contribution >= 0.6 is 11.3 Å². The molecule has 0 radical (unpaired) electrons. The first-order valence-corrected chi connectivity index (χ1v) is 11.7. The Labute approximate surface area is 176 Å².